The first-order valence-electron chi connectivity index (χ1n) is 9.58. The fraction of sp³-hybridized carbons (Fsp3) is 0.304. The van der Waals surface area contributed by atoms with E-state index in [9.17, 15) is 15.0 Å². The van der Waals surface area contributed by atoms with Gasteiger partial charge in [0.1, 0.15) is 5.41 Å². The third-order valence-electron chi connectivity index (χ3n) is 5.81. The molecule has 2 N–H and O–H groups in total. The van der Waals surface area contributed by atoms with Gasteiger partial charge in [-0.15, -0.1) is 0 Å². The van der Waals surface area contributed by atoms with E-state index < -0.39 is 17.5 Å². The highest BCUT2D eigenvalue weighted by molar-refractivity contribution is 5.79. The van der Waals surface area contributed by atoms with Crippen molar-refractivity contribution in [3.63, 3.8) is 0 Å². The highest BCUT2D eigenvalue weighted by Gasteiger charge is 2.48. The minimum Gasteiger partial charge on any atom is -0.481 e. The first kappa shape index (κ1) is 18.6. The smallest absolute Gasteiger partial charge is 0.312 e. The molecule has 144 valence electrons. The SMILES string of the molecule is O=C(O)[C@@]1(Cc2ccccc2)CCN(Cc2ccc3ncccc3c2)C[C@@H]1O. The number of piperidine rings is 1. The summed E-state index contributed by atoms with van der Waals surface area (Å²) in [7, 11) is 0. The standard InChI is InChI=1S/C23H24N2O3/c26-21-16-25(15-18-8-9-20-19(13-18)7-4-11-24-20)12-10-23(21,22(27)28)14-17-5-2-1-3-6-17/h1-9,11,13,21,26H,10,12,14-16H2,(H,27,28)/t21-,23+/m0/s1. The second-order valence-corrected chi connectivity index (χ2v) is 7.66. The molecular formula is C23H24N2O3. The van der Waals surface area contributed by atoms with Crippen molar-refractivity contribution in [2.45, 2.75) is 25.5 Å². The van der Waals surface area contributed by atoms with Crippen LogP contribution in [0.4, 0.5) is 0 Å². The lowest BCUT2D eigenvalue weighted by atomic mass is 9.71. The minimum atomic E-state index is -1.13. The average Bonchev–Trinajstić information content (AvgIpc) is 2.71. The number of aliphatic hydroxyl groups is 1. The van der Waals surface area contributed by atoms with Crippen LogP contribution in [0.25, 0.3) is 10.9 Å². The van der Waals surface area contributed by atoms with Gasteiger partial charge in [0.25, 0.3) is 0 Å². The largest absolute Gasteiger partial charge is 0.481 e. The normalized spacial score (nSPS) is 23.0. The van der Waals surface area contributed by atoms with Crippen LogP contribution in [0.5, 0.6) is 0 Å². The van der Waals surface area contributed by atoms with E-state index in [2.05, 4.69) is 16.0 Å². The number of nitrogens with zero attached hydrogens (tertiary/aromatic N) is 2. The van der Waals surface area contributed by atoms with Gasteiger partial charge in [-0.2, -0.15) is 0 Å². The van der Waals surface area contributed by atoms with Crippen LogP contribution in [0.1, 0.15) is 17.5 Å². The zero-order chi connectivity index (χ0) is 19.6. The third-order valence-corrected chi connectivity index (χ3v) is 5.81. The number of likely N-dealkylation sites (tertiary alicyclic amines) is 1. The monoisotopic (exact) mass is 376 g/mol. The van der Waals surface area contributed by atoms with E-state index in [0.29, 0.717) is 32.5 Å². The predicted octanol–water partition coefficient (Wildman–Crippen LogP) is 3.12. The van der Waals surface area contributed by atoms with Crippen molar-refractivity contribution in [3.05, 3.63) is 78.0 Å². The van der Waals surface area contributed by atoms with E-state index >= 15 is 0 Å². The summed E-state index contributed by atoms with van der Waals surface area (Å²) in [6, 6.07) is 19.7. The Bertz CT molecular complexity index is 976. The van der Waals surface area contributed by atoms with Crippen molar-refractivity contribution >= 4 is 16.9 Å². The molecule has 28 heavy (non-hydrogen) atoms. The number of aliphatic carboxylic acids is 1. The number of carboxylic acids is 1. The number of rotatable bonds is 5. The zero-order valence-electron chi connectivity index (χ0n) is 15.7. The second kappa shape index (κ2) is 7.70. The van der Waals surface area contributed by atoms with E-state index in [1.165, 1.54) is 0 Å². The van der Waals surface area contributed by atoms with Crippen molar-refractivity contribution in [3.8, 4) is 0 Å². The van der Waals surface area contributed by atoms with Crippen molar-refractivity contribution in [2.24, 2.45) is 5.41 Å². The Morgan fingerprint density at radius 1 is 1.11 bits per heavy atom. The molecule has 1 saturated heterocycles. The van der Waals surface area contributed by atoms with E-state index in [4.69, 9.17) is 0 Å². The minimum absolute atomic E-state index is 0.347. The predicted molar refractivity (Wildman–Crippen MR) is 108 cm³/mol. The lowest BCUT2D eigenvalue weighted by Crippen LogP contribution is -2.55. The van der Waals surface area contributed by atoms with E-state index in [1.54, 1.807) is 6.20 Å². The van der Waals surface area contributed by atoms with Crippen LogP contribution in [0, 0.1) is 5.41 Å². The summed E-state index contributed by atoms with van der Waals surface area (Å²) in [6.07, 6.45) is 1.63. The molecular weight excluding hydrogens is 352 g/mol. The lowest BCUT2D eigenvalue weighted by molar-refractivity contribution is -0.163. The number of fused-ring (bicyclic) bond motifs is 1. The molecule has 5 nitrogen and oxygen atoms in total. The molecule has 0 radical (unpaired) electrons. The highest BCUT2D eigenvalue weighted by Crippen LogP contribution is 2.36. The van der Waals surface area contributed by atoms with Crippen molar-refractivity contribution < 1.29 is 15.0 Å². The van der Waals surface area contributed by atoms with Crippen LogP contribution in [0.15, 0.2) is 66.9 Å². The van der Waals surface area contributed by atoms with Gasteiger partial charge in [-0.25, -0.2) is 0 Å². The molecule has 0 unspecified atom stereocenters. The summed E-state index contributed by atoms with van der Waals surface area (Å²) >= 11 is 0. The first-order valence-corrected chi connectivity index (χ1v) is 9.58. The molecule has 1 aliphatic heterocycles. The molecule has 0 spiro atoms. The summed E-state index contributed by atoms with van der Waals surface area (Å²) in [6.45, 7) is 1.68. The number of hydrogen-bond donors (Lipinski definition) is 2. The Kier molecular flexibility index (Phi) is 5.11. The molecule has 3 aromatic rings. The highest BCUT2D eigenvalue weighted by atomic mass is 16.4. The molecule has 5 heteroatoms. The maximum absolute atomic E-state index is 12.1. The molecule has 2 heterocycles. The number of carbonyl (C=O) groups is 1. The Hall–Kier alpha value is -2.76. The van der Waals surface area contributed by atoms with Gasteiger partial charge in [-0.05, 0) is 48.7 Å². The van der Waals surface area contributed by atoms with Crippen LogP contribution in [0.2, 0.25) is 0 Å². The summed E-state index contributed by atoms with van der Waals surface area (Å²) in [4.78, 5) is 18.6. The van der Waals surface area contributed by atoms with Crippen molar-refractivity contribution in [2.75, 3.05) is 13.1 Å². The number of aromatic nitrogens is 1. The molecule has 1 aromatic heterocycles. The van der Waals surface area contributed by atoms with Crippen LogP contribution in [0.3, 0.4) is 0 Å². The van der Waals surface area contributed by atoms with Gasteiger partial charge in [-0.3, -0.25) is 14.7 Å². The maximum atomic E-state index is 12.1. The Labute approximate surface area is 164 Å². The average molecular weight is 376 g/mol. The maximum Gasteiger partial charge on any atom is 0.312 e. The lowest BCUT2D eigenvalue weighted by Gasteiger charge is -2.43. The summed E-state index contributed by atoms with van der Waals surface area (Å²) in [5, 5.41) is 21.9. The van der Waals surface area contributed by atoms with Gasteiger partial charge in [-0.1, -0.05) is 42.5 Å². The zero-order valence-corrected chi connectivity index (χ0v) is 15.7. The number of pyridine rings is 1. The topological polar surface area (TPSA) is 73.7 Å². The van der Waals surface area contributed by atoms with Gasteiger partial charge in [0.05, 0.1) is 11.6 Å². The molecule has 2 atom stereocenters. The molecule has 2 aromatic carbocycles. The molecule has 1 fully saturated rings. The van der Waals surface area contributed by atoms with Crippen LogP contribution in [-0.2, 0) is 17.8 Å². The fourth-order valence-electron chi connectivity index (χ4n) is 4.15. The number of β-amino-alcohol motifs (C(OH)–C–C–N with tert-alkyl or cyclic N) is 1. The summed E-state index contributed by atoms with van der Waals surface area (Å²) in [5.41, 5.74) is 1.90. The van der Waals surface area contributed by atoms with E-state index in [0.717, 1.165) is 22.0 Å². The third kappa shape index (κ3) is 3.63. The number of hydrogen-bond acceptors (Lipinski definition) is 4. The van der Waals surface area contributed by atoms with Gasteiger partial charge in [0.15, 0.2) is 0 Å². The number of benzene rings is 2. The Morgan fingerprint density at radius 2 is 1.93 bits per heavy atom. The van der Waals surface area contributed by atoms with Gasteiger partial charge < -0.3 is 10.2 Å². The molecule has 0 bridgehead atoms. The van der Waals surface area contributed by atoms with Gasteiger partial charge >= 0.3 is 5.97 Å². The number of carboxylic acid groups (broad SMARTS) is 1. The van der Waals surface area contributed by atoms with Crippen molar-refractivity contribution in [1.29, 1.82) is 0 Å². The van der Waals surface area contributed by atoms with Crippen LogP contribution in [-0.4, -0.2) is 45.3 Å². The summed E-state index contributed by atoms with van der Waals surface area (Å²) in [5.74, 6) is -0.916. The van der Waals surface area contributed by atoms with E-state index in [-0.39, 0.29) is 0 Å². The van der Waals surface area contributed by atoms with E-state index in [1.807, 2.05) is 54.6 Å². The second-order valence-electron chi connectivity index (χ2n) is 7.66. The molecule has 1 aliphatic rings. The number of aliphatic hydroxyl groups excluding tert-OH is 1. The summed E-state index contributed by atoms with van der Waals surface area (Å²) < 4.78 is 0. The van der Waals surface area contributed by atoms with Gasteiger partial charge in [0.2, 0.25) is 0 Å². The molecule has 0 saturated carbocycles. The van der Waals surface area contributed by atoms with Gasteiger partial charge in [0, 0.05) is 24.7 Å². The fourth-order valence-corrected chi connectivity index (χ4v) is 4.15. The first-order chi connectivity index (χ1) is 13.6. The molecule has 0 amide bonds. The Morgan fingerprint density at radius 3 is 2.68 bits per heavy atom. The van der Waals surface area contributed by atoms with Crippen LogP contribution >= 0.6 is 0 Å². The molecule has 0 aliphatic carbocycles. The van der Waals surface area contributed by atoms with Crippen molar-refractivity contribution in [1.82, 2.24) is 9.88 Å². The molecule has 4 rings (SSSR count). The van der Waals surface area contributed by atoms with Crippen LogP contribution < -0.4 is 0 Å². The Balaban J connectivity index is 1.49. The quantitative estimate of drug-likeness (QED) is 0.716.